The van der Waals surface area contributed by atoms with Gasteiger partial charge in [-0.3, -0.25) is 0 Å². The van der Waals surface area contributed by atoms with Gasteiger partial charge in [-0.1, -0.05) is 19.1 Å². The molecular weight excluding hydrogens is 212 g/mol. The van der Waals surface area contributed by atoms with Gasteiger partial charge in [0, 0.05) is 31.2 Å². The smallest absolute Gasteiger partial charge is 0.143 e. The highest BCUT2D eigenvalue weighted by atomic mass is 16.5. The third-order valence-electron chi connectivity index (χ3n) is 3.80. The largest absolute Gasteiger partial charge is 0.495 e. The van der Waals surface area contributed by atoms with Crippen LogP contribution in [0.25, 0.3) is 10.9 Å². The number of benzene rings is 1. The zero-order valence-corrected chi connectivity index (χ0v) is 10.6. The average Bonchev–Trinajstić information content (AvgIpc) is 2.65. The number of hydrogen-bond acceptors (Lipinski definition) is 2. The summed E-state index contributed by atoms with van der Waals surface area (Å²) < 4.78 is 7.75. The Labute approximate surface area is 101 Å². The molecule has 2 aromatic rings. The minimum absolute atomic E-state index is 0.564. The van der Waals surface area contributed by atoms with Crippen molar-refractivity contribution in [3.8, 4) is 5.75 Å². The Bertz CT molecular complexity index is 571. The van der Waals surface area contributed by atoms with Gasteiger partial charge in [-0.2, -0.15) is 0 Å². The number of ether oxygens (including phenoxy) is 1. The second-order valence-corrected chi connectivity index (χ2v) is 4.81. The lowest BCUT2D eigenvalue weighted by Crippen LogP contribution is -2.27. The molecule has 3 nitrogen and oxygen atoms in total. The number of nitrogens with zero attached hydrogens (tertiary/aromatic N) is 1. The molecule has 1 aromatic heterocycles. The van der Waals surface area contributed by atoms with Gasteiger partial charge in [0.2, 0.25) is 0 Å². The van der Waals surface area contributed by atoms with Crippen LogP contribution in [-0.4, -0.2) is 18.2 Å². The lowest BCUT2D eigenvalue weighted by atomic mass is 9.95. The first-order valence-corrected chi connectivity index (χ1v) is 6.09. The van der Waals surface area contributed by atoms with Crippen LogP contribution in [-0.2, 0) is 13.6 Å². The van der Waals surface area contributed by atoms with Gasteiger partial charge in [0.1, 0.15) is 5.75 Å². The van der Waals surface area contributed by atoms with Crippen LogP contribution in [0.15, 0.2) is 18.2 Å². The van der Waals surface area contributed by atoms with Gasteiger partial charge >= 0.3 is 0 Å². The molecule has 2 heterocycles. The van der Waals surface area contributed by atoms with E-state index >= 15 is 0 Å². The third-order valence-corrected chi connectivity index (χ3v) is 3.80. The third kappa shape index (κ3) is 1.39. The fourth-order valence-corrected chi connectivity index (χ4v) is 2.99. The molecule has 3 heteroatoms. The zero-order chi connectivity index (χ0) is 12.0. The summed E-state index contributed by atoms with van der Waals surface area (Å²) in [5, 5.41) is 4.81. The summed E-state index contributed by atoms with van der Waals surface area (Å²) in [6.45, 7) is 4.29. The van der Waals surface area contributed by atoms with Gasteiger partial charge in [0.05, 0.1) is 12.6 Å². The Morgan fingerprint density at radius 1 is 1.41 bits per heavy atom. The maximum absolute atomic E-state index is 5.48. The van der Waals surface area contributed by atoms with Crippen molar-refractivity contribution < 1.29 is 4.74 Å². The molecule has 1 aliphatic heterocycles. The van der Waals surface area contributed by atoms with Crippen molar-refractivity contribution in [2.24, 2.45) is 7.05 Å². The molecule has 3 rings (SSSR count). The molecule has 0 fully saturated rings. The van der Waals surface area contributed by atoms with Crippen LogP contribution in [0.1, 0.15) is 24.1 Å². The Kier molecular flexibility index (Phi) is 2.37. The van der Waals surface area contributed by atoms with Crippen LogP contribution in [0.5, 0.6) is 5.75 Å². The highest BCUT2D eigenvalue weighted by Gasteiger charge is 2.24. The van der Waals surface area contributed by atoms with E-state index in [1.54, 1.807) is 7.11 Å². The monoisotopic (exact) mass is 230 g/mol. The molecule has 1 aromatic carbocycles. The number of rotatable bonds is 1. The minimum atomic E-state index is 0.564. The molecule has 0 radical (unpaired) electrons. The van der Waals surface area contributed by atoms with Gasteiger partial charge in [-0.05, 0) is 17.5 Å². The van der Waals surface area contributed by atoms with Crippen LogP contribution in [0.2, 0.25) is 0 Å². The molecule has 0 spiro atoms. The summed E-state index contributed by atoms with van der Waals surface area (Å²) >= 11 is 0. The van der Waals surface area contributed by atoms with Gasteiger partial charge in [0.25, 0.3) is 0 Å². The summed E-state index contributed by atoms with van der Waals surface area (Å²) in [5.41, 5.74) is 4.10. The summed E-state index contributed by atoms with van der Waals surface area (Å²) in [6.07, 6.45) is 0. The summed E-state index contributed by atoms with van der Waals surface area (Å²) in [5.74, 6) is 1.53. The van der Waals surface area contributed by atoms with Crippen molar-refractivity contribution in [1.29, 1.82) is 0 Å². The van der Waals surface area contributed by atoms with E-state index in [0.717, 1.165) is 18.8 Å². The van der Waals surface area contributed by atoms with Gasteiger partial charge < -0.3 is 14.6 Å². The number of aryl methyl sites for hydroxylation is 1. The molecule has 0 amide bonds. The quantitative estimate of drug-likeness (QED) is 0.814. The number of fused-ring (bicyclic) bond motifs is 3. The Morgan fingerprint density at radius 3 is 3.00 bits per heavy atom. The number of methoxy groups -OCH3 is 1. The first-order valence-electron chi connectivity index (χ1n) is 6.09. The van der Waals surface area contributed by atoms with Crippen molar-refractivity contribution in [3.63, 3.8) is 0 Å². The van der Waals surface area contributed by atoms with E-state index in [-0.39, 0.29) is 0 Å². The Hall–Kier alpha value is -1.48. The van der Waals surface area contributed by atoms with Gasteiger partial charge in [0.15, 0.2) is 0 Å². The molecule has 0 saturated heterocycles. The predicted molar refractivity (Wildman–Crippen MR) is 69.6 cm³/mol. The summed E-state index contributed by atoms with van der Waals surface area (Å²) in [7, 11) is 3.87. The highest BCUT2D eigenvalue weighted by Crippen LogP contribution is 2.37. The highest BCUT2D eigenvalue weighted by molar-refractivity contribution is 5.91. The minimum Gasteiger partial charge on any atom is -0.495 e. The first kappa shape index (κ1) is 10.7. The standard InChI is InChI=1S/C14H18N2O/c1-9-7-15-8-11-13(9)10-5-4-6-12(17-3)14(10)16(11)2/h4-6,9,15H,7-8H2,1-3H3. The van der Waals surface area contributed by atoms with Crippen molar-refractivity contribution in [1.82, 2.24) is 9.88 Å². The molecule has 1 aliphatic rings. The van der Waals surface area contributed by atoms with E-state index in [4.69, 9.17) is 4.74 Å². The predicted octanol–water partition coefficient (Wildman–Crippen LogP) is 2.39. The number of hydrogen-bond donors (Lipinski definition) is 1. The number of para-hydroxylation sites is 1. The SMILES string of the molecule is COc1cccc2c3c(n(C)c12)CNCC3C. The number of aromatic nitrogens is 1. The molecular formula is C14H18N2O. The fourth-order valence-electron chi connectivity index (χ4n) is 2.99. The van der Waals surface area contributed by atoms with Crippen molar-refractivity contribution in [3.05, 3.63) is 29.5 Å². The molecule has 1 atom stereocenters. The maximum atomic E-state index is 5.48. The van der Waals surface area contributed by atoms with Crippen molar-refractivity contribution >= 4 is 10.9 Å². The van der Waals surface area contributed by atoms with E-state index in [1.807, 2.05) is 6.07 Å². The molecule has 1 N–H and O–H groups in total. The first-order chi connectivity index (χ1) is 8.24. The molecule has 0 aliphatic carbocycles. The zero-order valence-electron chi connectivity index (χ0n) is 10.6. The van der Waals surface area contributed by atoms with Crippen LogP contribution < -0.4 is 10.1 Å². The van der Waals surface area contributed by atoms with Crippen LogP contribution >= 0.6 is 0 Å². The molecule has 90 valence electrons. The van der Waals surface area contributed by atoms with E-state index < -0.39 is 0 Å². The lowest BCUT2D eigenvalue weighted by Gasteiger charge is -2.21. The van der Waals surface area contributed by atoms with E-state index in [1.165, 1.54) is 22.2 Å². The molecule has 1 unspecified atom stereocenters. The van der Waals surface area contributed by atoms with Crippen LogP contribution in [0.4, 0.5) is 0 Å². The second kappa shape index (κ2) is 3.77. The second-order valence-electron chi connectivity index (χ2n) is 4.81. The molecule has 0 bridgehead atoms. The van der Waals surface area contributed by atoms with Gasteiger partial charge in [-0.25, -0.2) is 0 Å². The normalized spacial score (nSPS) is 19.4. The van der Waals surface area contributed by atoms with Crippen LogP contribution in [0.3, 0.4) is 0 Å². The van der Waals surface area contributed by atoms with E-state index in [0.29, 0.717) is 5.92 Å². The van der Waals surface area contributed by atoms with Crippen LogP contribution in [0, 0.1) is 0 Å². The lowest BCUT2D eigenvalue weighted by molar-refractivity contribution is 0.417. The number of nitrogens with one attached hydrogen (secondary N) is 1. The topological polar surface area (TPSA) is 26.2 Å². The van der Waals surface area contributed by atoms with Crippen molar-refractivity contribution in [2.45, 2.75) is 19.4 Å². The van der Waals surface area contributed by atoms with E-state index in [2.05, 4.69) is 36.0 Å². The fraction of sp³-hybridized carbons (Fsp3) is 0.429. The van der Waals surface area contributed by atoms with Crippen molar-refractivity contribution in [2.75, 3.05) is 13.7 Å². The van der Waals surface area contributed by atoms with E-state index in [9.17, 15) is 0 Å². The summed E-state index contributed by atoms with van der Waals surface area (Å²) in [6, 6.07) is 6.32. The summed E-state index contributed by atoms with van der Waals surface area (Å²) in [4.78, 5) is 0. The maximum Gasteiger partial charge on any atom is 0.143 e. The molecule has 17 heavy (non-hydrogen) atoms. The Morgan fingerprint density at radius 2 is 2.24 bits per heavy atom. The Balaban J connectivity index is 2.40. The average molecular weight is 230 g/mol. The van der Waals surface area contributed by atoms with Gasteiger partial charge in [-0.15, -0.1) is 0 Å². The molecule has 0 saturated carbocycles.